The molecule has 0 aromatic carbocycles. The van der Waals surface area contributed by atoms with Crippen LogP contribution in [0.25, 0.3) is 0 Å². The van der Waals surface area contributed by atoms with E-state index in [2.05, 4.69) is 15.3 Å². The molecule has 2 rings (SSSR count). The summed E-state index contributed by atoms with van der Waals surface area (Å²) >= 11 is 0. The standard InChI is InChI=1S/C10H13N3O2/c14-10(9-7-11-1-2-13-9)5-8-6-12-3-4-15-8/h1-2,7-8,12H,3-6H2. The molecule has 80 valence electrons. The van der Waals surface area contributed by atoms with Gasteiger partial charge < -0.3 is 10.1 Å². The molecular weight excluding hydrogens is 194 g/mol. The Morgan fingerprint density at radius 2 is 2.53 bits per heavy atom. The van der Waals surface area contributed by atoms with Gasteiger partial charge in [0.2, 0.25) is 0 Å². The predicted molar refractivity (Wildman–Crippen MR) is 53.6 cm³/mol. The second-order valence-electron chi connectivity index (χ2n) is 3.41. The van der Waals surface area contributed by atoms with Crippen molar-refractivity contribution < 1.29 is 9.53 Å². The van der Waals surface area contributed by atoms with Gasteiger partial charge in [0, 0.05) is 31.9 Å². The topological polar surface area (TPSA) is 64.1 Å². The van der Waals surface area contributed by atoms with Gasteiger partial charge in [-0.1, -0.05) is 0 Å². The van der Waals surface area contributed by atoms with Crippen LogP contribution in [0.4, 0.5) is 0 Å². The van der Waals surface area contributed by atoms with Gasteiger partial charge in [0.25, 0.3) is 0 Å². The summed E-state index contributed by atoms with van der Waals surface area (Å²) in [4.78, 5) is 19.5. The van der Waals surface area contributed by atoms with Crippen LogP contribution in [-0.4, -0.2) is 41.6 Å². The monoisotopic (exact) mass is 207 g/mol. The number of ether oxygens (including phenoxy) is 1. The van der Waals surface area contributed by atoms with Gasteiger partial charge in [-0.2, -0.15) is 0 Å². The predicted octanol–water partition coefficient (Wildman–Crippen LogP) is 0.0378. The minimum absolute atomic E-state index is 0.0169. The van der Waals surface area contributed by atoms with Gasteiger partial charge in [-0.15, -0.1) is 0 Å². The van der Waals surface area contributed by atoms with Crippen molar-refractivity contribution in [2.75, 3.05) is 19.7 Å². The van der Waals surface area contributed by atoms with Gasteiger partial charge in [-0.05, 0) is 0 Å². The van der Waals surface area contributed by atoms with Gasteiger partial charge in [0.05, 0.1) is 18.9 Å². The van der Waals surface area contributed by atoms with Crippen LogP contribution in [-0.2, 0) is 4.74 Å². The van der Waals surface area contributed by atoms with E-state index in [9.17, 15) is 4.79 Å². The lowest BCUT2D eigenvalue weighted by Crippen LogP contribution is -2.39. The zero-order valence-electron chi connectivity index (χ0n) is 8.35. The fraction of sp³-hybridized carbons (Fsp3) is 0.500. The molecule has 2 heterocycles. The van der Waals surface area contributed by atoms with E-state index in [1.807, 2.05) is 0 Å². The van der Waals surface area contributed by atoms with Crippen molar-refractivity contribution in [2.24, 2.45) is 0 Å². The lowest BCUT2D eigenvalue weighted by molar-refractivity contribution is 0.0239. The number of ketones is 1. The third-order valence-corrected chi connectivity index (χ3v) is 2.27. The lowest BCUT2D eigenvalue weighted by Gasteiger charge is -2.22. The van der Waals surface area contributed by atoms with Gasteiger partial charge >= 0.3 is 0 Å². The van der Waals surface area contributed by atoms with E-state index in [0.717, 1.165) is 13.1 Å². The summed E-state index contributed by atoms with van der Waals surface area (Å²) in [5.74, 6) is -0.0169. The van der Waals surface area contributed by atoms with Crippen molar-refractivity contribution in [2.45, 2.75) is 12.5 Å². The normalized spacial score (nSPS) is 21.2. The molecule has 0 amide bonds. The Morgan fingerprint density at radius 3 is 3.20 bits per heavy atom. The van der Waals surface area contributed by atoms with E-state index in [-0.39, 0.29) is 11.9 Å². The van der Waals surface area contributed by atoms with Gasteiger partial charge in [0.15, 0.2) is 5.78 Å². The largest absolute Gasteiger partial charge is 0.375 e. The SMILES string of the molecule is O=C(CC1CNCCO1)c1cnccn1. The first-order valence-corrected chi connectivity index (χ1v) is 4.98. The van der Waals surface area contributed by atoms with Gasteiger partial charge in [-0.25, -0.2) is 4.98 Å². The van der Waals surface area contributed by atoms with Crippen LogP contribution in [0.15, 0.2) is 18.6 Å². The van der Waals surface area contributed by atoms with Crippen LogP contribution >= 0.6 is 0 Å². The molecule has 0 radical (unpaired) electrons. The summed E-state index contributed by atoms with van der Waals surface area (Å²) in [5.41, 5.74) is 0.409. The van der Waals surface area contributed by atoms with Crippen molar-refractivity contribution in [3.63, 3.8) is 0 Å². The van der Waals surface area contributed by atoms with Crippen molar-refractivity contribution >= 4 is 5.78 Å². The van der Waals surface area contributed by atoms with Crippen LogP contribution in [0.1, 0.15) is 16.9 Å². The Balaban J connectivity index is 1.91. The molecule has 1 aliphatic heterocycles. The number of Topliss-reactive ketones (excluding diaryl/α,β-unsaturated/α-hetero) is 1. The van der Waals surface area contributed by atoms with Crippen LogP contribution in [0.2, 0.25) is 0 Å². The molecule has 0 saturated carbocycles. The van der Waals surface area contributed by atoms with Crippen molar-refractivity contribution in [1.82, 2.24) is 15.3 Å². The van der Waals surface area contributed by atoms with E-state index in [1.165, 1.54) is 12.4 Å². The molecule has 1 aliphatic rings. The zero-order chi connectivity index (χ0) is 10.5. The summed E-state index contributed by atoms with van der Waals surface area (Å²) in [6.07, 6.45) is 4.89. The molecule has 5 heteroatoms. The lowest BCUT2D eigenvalue weighted by atomic mass is 10.1. The quantitative estimate of drug-likeness (QED) is 0.709. The second-order valence-corrected chi connectivity index (χ2v) is 3.41. The molecule has 1 aromatic heterocycles. The number of nitrogens with zero attached hydrogens (tertiary/aromatic N) is 2. The highest BCUT2D eigenvalue weighted by Gasteiger charge is 2.18. The Morgan fingerprint density at radius 1 is 1.60 bits per heavy atom. The van der Waals surface area contributed by atoms with Gasteiger partial charge in [-0.3, -0.25) is 9.78 Å². The van der Waals surface area contributed by atoms with Crippen LogP contribution in [0.5, 0.6) is 0 Å². The molecule has 1 unspecified atom stereocenters. The third-order valence-electron chi connectivity index (χ3n) is 2.27. The Bertz CT molecular complexity index is 323. The summed E-state index contributed by atoms with van der Waals surface area (Å²) in [6.45, 7) is 2.25. The summed E-state index contributed by atoms with van der Waals surface area (Å²) in [5, 5.41) is 3.18. The molecule has 0 aliphatic carbocycles. The van der Waals surface area contributed by atoms with Crippen LogP contribution in [0, 0.1) is 0 Å². The number of nitrogens with one attached hydrogen (secondary N) is 1. The fourth-order valence-corrected chi connectivity index (χ4v) is 1.51. The van der Waals surface area contributed by atoms with E-state index in [4.69, 9.17) is 4.74 Å². The smallest absolute Gasteiger partial charge is 0.185 e. The summed E-state index contributed by atoms with van der Waals surface area (Å²) < 4.78 is 5.44. The minimum Gasteiger partial charge on any atom is -0.375 e. The molecule has 5 nitrogen and oxygen atoms in total. The number of morpholine rings is 1. The molecule has 1 saturated heterocycles. The Labute approximate surface area is 87.9 Å². The zero-order valence-corrected chi connectivity index (χ0v) is 8.35. The van der Waals surface area contributed by atoms with Crippen molar-refractivity contribution in [3.8, 4) is 0 Å². The molecular formula is C10H13N3O2. The first-order chi connectivity index (χ1) is 7.36. The number of carbonyl (C=O) groups excluding carboxylic acids is 1. The maximum atomic E-state index is 11.7. The molecule has 1 aromatic rings. The molecule has 0 bridgehead atoms. The van der Waals surface area contributed by atoms with Crippen LogP contribution < -0.4 is 5.32 Å². The average molecular weight is 207 g/mol. The third kappa shape index (κ3) is 2.81. The highest BCUT2D eigenvalue weighted by molar-refractivity contribution is 5.94. The summed E-state index contributed by atoms with van der Waals surface area (Å²) in [6, 6.07) is 0. The van der Waals surface area contributed by atoms with Gasteiger partial charge in [0.1, 0.15) is 5.69 Å². The highest BCUT2D eigenvalue weighted by Crippen LogP contribution is 2.06. The molecule has 1 atom stereocenters. The first kappa shape index (κ1) is 10.2. The van der Waals surface area contributed by atoms with Crippen LogP contribution in [0.3, 0.4) is 0 Å². The van der Waals surface area contributed by atoms with E-state index >= 15 is 0 Å². The van der Waals surface area contributed by atoms with E-state index in [1.54, 1.807) is 6.20 Å². The number of rotatable bonds is 3. The number of aromatic nitrogens is 2. The second kappa shape index (κ2) is 4.95. The molecule has 1 N–H and O–H groups in total. The van der Waals surface area contributed by atoms with Crippen molar-refractivity contribution in [1.29, 1.82) is 0 Å². The first-order valence-electron chi connectivity index (χ1n) is 4.98. The molecule has 1 fully saturated rings. The van der Waals surface area contributed by atoms with Crippen molar-refractivity contribution in [3.05, 3.63) is 24.3 Å². The number of hydrogen-bond acceptors (Lipinski definition) is 5. The number of carbonyl (C=O) groups is 1. The minimum atomic E-state index is -0.0340. The fourth-order valence-electron chi connectivity index (χ4n) is 1.51. The average Bonchev–Trinajstić information content (AvgIpc) is 2.31. The summed E-state index contributed by atoms with van der Waals surface area (Å²) in [7, 11) is 0. The maximum Gasteiger partial charge on any atom is 0.185 e. The molecule has 15 heavy (non-hydrogen) atoms. The highest BCUT2D eigenvalue weighted by atomic mass is 16.5. The Hall–Kier alpha value is -1.33. The van der Waals surface area contributed by atoms with E-state index < -0.39 is 0 Å². The Kier molecular flexibility index (Phi) is 3.37. The maximum absolute atomic E-state index is 11.7. The number of hydrogen-bond donors (Lipinski definition) is 1. The van der Waals surface area contributed by atoms with E-state index in [0.29, 0.717) is 18.7 Å². The molecule has 0 spiro atoms.